The van der Waals surface area contributed by atoms with E-state index in [1.807, 2.05) is 13.0 Å². The number of halogens is 3. The maximum Gasteiger partial charge on any atom is 0.236 e. The third-order valence-electron chi connectivity index (χ3n) is 2.68. The second-order valence-electron chi connectivity index (χ2n) is 3.91. The van der Waals surface area contributed by atoms with Gasteiger partial charge in [-0.15, -0.1) is 0 Å². The monoisotopic (exact) mass is 337 g/mol. The number of amides is 1. The predicted molar refractivity (Wildman–Crippen MR) is 76.0 cm³/mol. The first kappa shape index (κ1) is 14.8. The first-order valence-corrected chi connectivity index (χ1v) is 6.87. The lowest BCUT2D eigenvalue weighted by Gasteiger charge is -2.27. The molecule has 0 N–H and O–H groups in total. The van der Waals surface area contributed by atoms with Crippen molar-refractivity contribution in [2.45, 2.75) is 24.7 Å². The van der Waals surface area contributed by atoms with Crippen LogP contribution in [0.3, 0.4) is 0 Å². The molecule has 0 aromatic heterocycles. The van der Waals surface area contributed by atoms with Crippen LogP contribution < -0.4 is 0 Å². The fourth-order valence-corrected chi connectivity index (χ4v) is 2.41. The molecule has 17 heavy (non-hydrogen) atoms. The normalized spacial score (nSPS) is 14.2. The van der Waals surface area contributed by atoms with Crippen molar-refractivity contribution >= 4 is 45.0 Å². The fourth-order valence-electron chi connectivity index (χ4n) is 1.52. The van der Waals surface area contributed by atoms with Crippen LogP contribution in [0.2, 0.25) is 10.0 Å². The van der Waals surface area contributed by atoms with Crippen molar-refractivity contribution in [2.75, 3.05) is 7.05 Å². The fraction of sp³-hybridized carbons (Fsp3) is 0.417. The molecule has 5 heteroatoms. The van der Waals surface area contributed by atoms with Crippen molar-refractivity contribution in [1.29, 1.82) is 0 Å². The number of alkyl halides is 1. The predicted octanol–water partition coefficient (Wildman–Crippen LogP) is 4.30. The van der Waals surface area contributed by atoms with Crippen LogP contribution in [0, 0.1) is 0 Å². The SMILES string of the molecule is CC(Br)C(=O)N(C)C(C)c1ccc(Cl)cc1Cl. The molecule has 94 valence electrons. The summed E-state index contributed by atoms with van der Waals surface area (Å²) in [6.45, 7) is 3.73. The summed E-state index contributed by atoms with van der Waals surface area (Å²) in [5.74, 6) is 0.0171. The maximum absolute atomic E-state index is 11.8. The third-order valence-corrected chi connectivity index (χ3v) is 3.64. The van der Waals surface area contributed by atoms with Crippen molar-refractivity contribution in [1.82, 2.24) is 4.90 Å². The van der Waals surface area contributed by atoms with Crippen molar-refractivity contribution in [3.8, 4) is 0 Å². The zero-order valence-electron chi connectivity index (χ0n) is 9.88. The van der Waals surface area contributed by atoms with Crippen LogP contribution >= 0.6 is 39.1 Å². The number of nitrogens with zero attached hydrogens (tertiary/aromatic N) is 1. The smallest absolute Gasteiger partial charge is 0.236 e. The second-order valence-corrected chi connectivity index (χ2v) is 6.12. The van der Waals surface area contributed by atoms with Gasteiger partial charge in [0.2, 0.25) is 5.91 Å². The highest BCUT2D eigenvalue weighted by Crippen LogP contribution is 2.29. The molecule has 1 aromatic carbocycles. The van der Waals surface area contributed by atoms with Gasteiger partial charge in [-0.25, -0.2) is 0 Å². The van der Waals surface area contributed by atoms with E-state index < -0.39 is 0 Å². The Kier molecular flexibility index (Phi) is 5.29. The maximum atomic E-state index is 11.8. The first-order valence-electron chi connectivity index (χ1n) is 5.20. The van der Waals surface area contributed by atoms with E-state index in [0.29, 0.717) is 10.0 Å². The van der Waals surface area contributed by atoms with E-state index in [4.69, 9.17) is 23.2 Å². The largest absolute Gasteiger partial charge is 0.338 e. The van der Waals surface area contributed by atoms with E-state index in [-0.39, 0.29) is 16.8 Å². The molecule has 0 fully saturated rings. The topological polar surface area (TPSA) is 20.3 Å². The van der Waals surface area contributed by atoms with Crippen molar-refractivity contribution in [2.24, 2.45) is 0 Å². The summed E-state index contributed by atoms with van der Waals surface area (Å²) in [7, 11) is 1.76. The molecule has 2 nitrogen and oxygen atoms in total. The number of carbonyl (C=O) groups excluding carboxylic acids is 1. The summed E-state index contributed by atoms with van der Waals surface area (Å²) in [6, 6.07) is 5.21. The Labute approximate surface area is 120 Å². The zero-order valence-corrected chi connectivity index (χ0v) is 13.0. The average Bonchev–Trinajstić information content (AvgIpc) is 2.26. The lowest BCUT2D eigenvalue weighted by molar-refractivity contribution is -0.130. The van der Waals surface area contributed by atoms with E-state index in [9.17, 15) is 4.79 Å². The Morgan fingerprint density at radius 1 is 1.35 bits per heavy atom. The van der Waals surface area contributed by atoms with Gasteiger partial charge < -0.3 is 4.90 Å². The second kappa shape index (κ2) is 6.07. The van der Waals surface area contributed by atoms with Crippen LogP contribution in [0.15, 0.2) is 18.2 Å². The summed E-state index contributed by atoms with van der Waals surface area (Å²) in [5, 5.41) is 1.17. The molecule has 0 saturated heterocycles. The first-order chi connectivity index (χ1) is 7.84. The van der Waals surface area contributed by atoms with Gasteiger partial charge >= 0.3 is 0 Å². The summed E-state index contributed by atoms with van der Waals surface area (Å²) in [6.07, 6.45) is 0. The minimum atomic E-state index is -0.207. The molecule has 0 saturated carbocycles. The highest BCUT2D eigenvalue weighted by atomic mass is 79.9. The molecule has 0 radical (unpaired) electrons. The zero-order chi connectivity index (χ0) is 13.2. The minimum absolute atomic E-state index is 0.0171. The molecule has 0 heterocycles. The van der Waals surface area contributed by atoms with Crippen molar-refractivity contribution in [3.63, 3.8) is 0 Å². The number of hydrogen-bond acceptors (Lipinski definition) is 1. The minimum Gasteiger partial charge on any atom is -0.338 e. The Hall–Kier alpha value is -0.250. The molecule has 0 aliphatic heterocycles. The molecule has 1 amide bonds. The molecule has 1 rings (SSSR count). The molecule has 2 unspecified atom stereocenters. The van der Waals surface area contributed by atoms with E-state index in [0.717, 1.165) is 5.56 Å². The van der Waals surface area contributed by atoms with Gasteiger partial charge in [0.15, 0.2) is 0 Å². The molecule has 1 aromatic rings. The van der Waals surface area contributed by atoms with Gasteiger partial charge in [0.05, 0.1) is 10.9 Å². The lowest BCUT2D eigenvalue weighted by atomic mass is 10.1. The van der Waals surface area contributed by atoms with Gasteiger partial charge in [-0.05, 0) is 31.5 Å². The summed E-state index contributed by atoms with van der Waals surface area (Å²) in [4.78, 5) is 13.3. The van der Waals surface area contributed by atoms with Crippen LogP contribution in [0.1, 0.15) is 25.5 Å². The van der Waals surface area contributed by atoms with E-state index >= 15 is 0 Å². The van der Waals surface area contributed by atoms with Gasteiger partial charge in [-0.1, -0.05) is 45.2 Å². The van der Waals surface area contributed by atoms with Crippen molar-refractivity contribution < 1.29 is 4.79 Å². The Morgan fingerprint density at radius 2 is 1.94 bits per heavy atom. The van der Waals surface area contributed by atoms with Crippen LogP contribution in [0.4, 0.5) is 0 Å². The quantitative estimate of drug-likeness (QED) is 0.752. The molecular weight excluding hydrogens is 325 g/mol. The highest BCUT2D eigenvalue weighted by molar-refractivity contribution is 9.10. The van der Waals surface area contributed by atoms with Crippen LogP contribution in [-0.4, -0.2) is 22.7 Å². The number of rotatable bonds is 3. The highest BCUT2D eigenvalue weighted by Gasteiger charge is 2.22. The Balaban J connectivity index is 2.96. The van der Waals surface area contributed by atoms with Crippen LogP contribution in [0.25, 0.3) is 0 Å². The molecule has 0 spiro atoms. The van der Waals surface area contributed by atoms with Gasteiger partial charge in [0.25, 0.3) is 0 Å². The molecule has 2 atom stereocenters. The summed E-state index contributed by atoms with van der Waals surface area (Å²) < 4.78 is 0. The van der Waals surface area contributed by atoms with E-state index in [1.165, 1.54) is 0 Å². The third kappa shape index (κ3) is 3.60. The van der Waals surface area contributed by atoms with Crippen LogP contribution in [-0.2, 0) is 4.79 Å². The van der Waals surface area contributed by atoms with E-state index in [2.05, 4.69) is 15.9 Å². The molecular formula is C12H14BrCl2NO. The Morgan fingerprint density at radius 3 is 2.41 bits per heavy atom. The standard InChI is InChI=1S/C12H14BrCl2NO/c1-7(13)12(17)16(3)8(2)10-5-4-9(14)6-11(10)15/h4-8H,1-3H3. The summed E-state index contributed by atoms with van der Waals surface area (Å²) >= 11 is 15.2. The lowest BCUT2D eigenvalue weighted by Crippen LogP contribution is -2.34. The van der Waals surface area contributed by atoms with Gasteiger partial charge in [0, 0.05) is 17.1 Å². The van der Waals surface area contributed by atoms with E-state index in [1.54, 1.807) is 31.0 Å². The number of carbonyl (C=O) groups is 1. The van der Waals surface area contributed by atoms with Crippen LogP contribution in [0.5, 0.6) is 0 Å². The molecule has 0 aliphatic carbocycles. The molecule has 0 aliphatic rings. The van der Waals surface area contributed by atoms with Gasteiger partial charge in [-0.3, -0.25) is 4.79 Å². The number of benzene rings is 1. The Bertz CT molecular complexity index is 423. The van der Waals surface area contributed by atoms with Crippen molar-refractivity contribution in [3.05, 3.63) is 33.8 Å². The molecule has 0 bridgehead atoms. The van der Waals surface area contributed by atoms with Gasteiger partial charge in [0.1, 0.15) is 0 Å². The summed E-state index contributed by atoms with van der Waals surface area (Å²) in [5.41, 5.74) is 0.889. The van der Waals surface area contributed by atoms with Gasteiger partial charge in [-0.2, -0.15) is 0 Å². The number of hydrogen-bond donors (Lipinski definition) is 0. The average molecular weight is 339 g/mol.